The summed E-state index contributed by atoms with van der Waals surface area (Å²) in [5.74, 6) is -0.202. The Morgan fingerprint density at radius 1 is 1.04 bits per heavy atom. The average molecular weight is 424 g/mol. The van der Waals surface area contributed by atoms with Crippen molar-refractivity contribution >= 4 is 33.4 Å². The molecule has 2 nitrogen and oxygen atoms in total. The summed E-state index contributed by atoms with van der Waals surface area (Å²) in [6.07, 6.45) is -0.763. The topological polar surface area (TPSA) is 14.2 Å². The SMILES string of the molecule is Cc1c([SH]2C=CC=C2)c2cc(OC(F)(F)F)ccc2n1Cc1ccc(Cl)cc1. The van der Waals surface area contributed by atoms with Crippen molar-refractivity contribution in [3.63, 3.8) is 0 Å². The maximum Gasteiger partial charge on any atom is 0.573 e. The fourth-order valence-corrected chi connectivity index (χ4v) is 5.47. The second-order valence-electron chi connectivity index (χ2n) is 6.46. The lowest BCUT2D eigenvalue weighted by Crippen LogP contribution is -2.17. The van der Waals surface area contributed by atoms with Crippen LogP contribution in [-0.4, -0.2) is 10.9 Å². The van der Waals surface area contributed by atoms with Crippen molar-refractivity contribution in [1.29, 1.82) is 0 Å². The smallest absolute Gasteiger partial charge is 0.406 e. The molecule has 0 spiro atoms. The first kappa shape index (κ1) is 19.0. The highest BCUT2D eigenvalue weighted by atomic mass is 35.5. The minimum absolute atomic E-state index is 0.202. The molecule has 0 N–H and O–H groups in total. The number of benzene rings is 2. The standard InChI is InChI=1S/C21H17ClF3NOS/c1-14-20(28-10-2-3-11-28)18-12-17(27-21(23,24)25)8-9-19(18)26(14)13-15-4-6-16(22)7-5-15/h2-12,28H,13H2,1H3. The molecule has 7 heteroatoms. The normalized spacial score (nSPS) is 15.0. The van der Waals surface area contributed by atoms with Crippen molar-refractivity contribution in [1.82, 2.24) is 4.57 Å². The summed E-state index contributed by atoms with van der Waals surface area (Å²) in [7, 11) is -0.705. The predicted octanol–water partition coefficient (Wildman–Crippen LogP) is 6.95. The lowest BCUT2D eigenvalue weighted by atomic mass is 10.2. The molecule has 0 radical (unpaired) electrons. The summed E-state index contributed by atoms with van der Waals surface area (Å²) in [6.45, 7) is 2.62. The Bertz CT molecular complexity index is 1070. The highest BCUT2D eigenvalue weighted by molar-refractivity contribution is 8.22. The summed E-state index contributed by atoms with van der Waals surface area (Å²) in [5.41, 5.74) is 2.99. The molecule has 2 aromatic carbocycles. The number of fused-ring (bicyclic) bond motifs is 1. The molecule has 2 heterocycles. The Morgan fingerprint density at radius 2 is 1.71 bits per heavy atom. The predicted molar refractivity (Wildman–Crippen MR) is 109 cm³/mol. The van der Waals surface area contributed by atoms with Gasteiger partial charge in [0.15, 0.2) is 0 Å². The number of nitrogens with zero attached hydrogens (tertiary/aromatic N) is 1. The van der Waals surface area contributed by atoms with Crippen LogP contribution in [0.3, 0.4) is 0 Å². The van der Waals surface area contributed by atoms with E-state index in [2.05, 4.69) is 20.1 Å². The van der Waals surface area contributed by atoms with Crippen LogP contribution in [0.4, 0.5) is 13.2 Å². The number of ether oxygens (including phenoxy) is 1. The maximum atomic E-state index is 12.7. The molecule has 0 fully saturated rings. The summed E-state index contributed by atoms with van der Waals surface area (Å²) < 4.78 is 44.4. The molecule has 0 saturated carbocycles. The van der Waals surface area contributed by atoms with Gasteiger partial charge in [-0.1, -0.05) is 35.9 Å². The molecular weight excluding hydrogens is 407 g/mol. The highest BCUT2D eigenvalue weighted by Gasteiger charge is 2.31. The average Bonchev–Trinajstić information content (AvgIpc) is 3.22. The number of rotatable bonds is 4. The molecule has 1 aliphatic rings. The van der Waals surface area contributed by atoms with Crippen molar-refractivity contribution in [2.45, 2.75) is 24.7 Å². The molecule has 1 aliphatic heterocycles. The van der Waals surface area contributed by atoms with Gasteiger partial charge in [0.05, 0.1) is 0 Å². The summed E-state index contributed by atoms with van der Waals surface area (Å²) >= 11 is 5.98. The summed E-state index contributed by atoms with van der Waals surface area (Å²) in [4.78, 5) is 1.05. The van der Waals surface area contributed by atoms with Crippen LogP contribution in [0, 0.1) is 6.92 Å². The Hall–Kier alpha value is -2.31. The molecule has 1 aromatic heterocycles. The second kappa shape index (κ2) is 7.26. The van der Waals surface area contributed by atoms with Crippen LogP contribution in [-0.2, 0) is 6.54 Å². The van der Waals surface area contributed by atoms with Gasteiger partial charge in [-0.15, -0.1) is 13.2 Å². The van der Waals surface area contributed by atoms with E-state index in [1.165, 1.54) is 12.1 Å². The molecule has 0 atom stereocenters. The number of hydrogen-bond acceptors (Lipinski definition) is 1. The van der Waals surface area contributed by atoms with E-state index in [0.717, 1.165) is 27.1 Å². The Labute approximate surface area is 168 Å². The van der Waals surface area contributed by atoms with Crippen molar-refractivity contribution in [3.8, 4) is 5.75 Å². The maximum absolute atomic E-state index is 12.7. The molecule has 28 heavy (non-hydrogen) atoms. The van der Waals surface area contributed by atoms with Gasteiger partial charge in [0.25, 0.3) is 0 Å². The van der Waals surface area contributed by atoms with E-state index in [1.807, 2.05) is 43.3 Å². The molecule has 0 unspecified atom stereocenters. The lowest BCUT2D eigenvalue weighted by Gasteiger charge is -2.13. The van der Waals surface area contributed by atoms with Gasteiger partial charge in [-0.2, -0.15) is 10.9 Å². The van der Waals surface area contributed by atoms with Gasteiger partial charge < -0.3 is 9.30 Å². The van der Waals surface area contributed by atoms with Crippen LogP contribution in [0.2, 0.25) is 5.02 Å². The molecule has 0 aliphatic carbocycles. The van der Waals surface area contributed by atoms with E-state index < -0.39 is 17.3 Å². The largest absolute Gasteiger partial charge is 0.573 e. The lowest BCUT2D eigenvalue weighted by molar-refractivity contribution is -0.274. The van der Waals surface area contributed by atoms with E-state index in [-0.39, 0.29) is 5.75 Å². The third-order valence-electron chi connectivity index (χ3n) is 4.61. The van der Waals surface area contributed by atoms with E-state index in [4.69, 9.17) is 11.6 Å². The molecule has 0 amide bonds. The van der Waals surface area contributed by atoms with Gasteiger partial charge in [0, 0.05) is 33.1 Å². The van der Waals surface area contributed by atoms with Crippen molar-refractivity contribution in [2.75, 3.05) is 0 Å². The fourth-order valence-electron chi connectivity index (χ4n) is 3.43. The van der Waals surface area contributed by atoms with Crippen molar-refractivity contribution in [3.05, 3.63) is 81.7 Å². The molecule has 3 aromatic rings. The summed E-state index contributed by atoms with van der Waals surface area (Å²) in [6, 6.07) is 12.1. The van der Waals surface area contributed by atoms with Crippen molar-refractivity contribution in [2.24, 2.45) is 0 Å². The number of hydrogen-bond donors (Lipinski definition) is 1. The first-order chi connectivity index (χ1) is 13.3. The van der Waals surface area contributed by atoms with Gasteiger partial charge in [0.1, 0.15) is 5.75 Å². The zero-order valence-electron chi connectivity index (χ0n) is 14.9. The van der Waals surface area contributed by atoms with Gasteiger partial charge >= 0.3 is 6.36 Å². The third kappa shape index (κ3) is 3.80. The monoisotopic (exact) mass is 423 g/mol. The Kier molecular flexibility index (Phi) is 4.93. The minimum atomic E-state index is -4.72. The molecule has 0 saturated heterocycles. The Morgan fingerprint density at radius 3 is 2.36 bits per heavy atom. The zero-order valence-corrected chi connectivity index (χ0v) is 16.5. The van der Waals surface area contributed by atoms with Gasteiger partial charge in [-0.25, -0.2) is 0 Å². The molecule has 0 bridgehead atoms. The van der Waals surface area contributed by atoms with Gasteiger partial charge in [-0.3, -0.25) is 0 Å². The van der Waals surface area contributed by atoms with Crippen LogP contribution < -0.4 is 4.74 Å². The van der Waals surface area contributed by atoms with Crippen LogP contribution >= 0.6 is 22.5 Å². The fraction of sp³-hybridized carbons (Fsp3) is 0.143. The molecule has 4 rings (SSSR count). The van der Waals surface area contributed by atoms with Crippen molar-refractivity contribution < 1.29 is 17.9 Å². The highest BCUT2D eigenvalue weighted by Crippen LogP contribution is 2.49. The molecular formula is C21H17ClF3NOS. The second-order valence-corrected chi connectivity index (χ2v) is 8.76. The number of thiol groups is 1. The van der Waals surface area contributed by atoms with E-state index in [0.29, 0.717) is 11.6 Å². The molecule has 146 valence electrons. The first-order valence-corrected chi connectivity index (χ1v) is 10.4. The third-order valence-corrected chi connectivity index (χ3v) is 6.93. The zero-order chi connectivity index (χ0) is 19.9. The van der Waals surface area contributed by atoms with E-state index in [1.54, 1.807) is 6.07 Å². The van der Waals surface area contributed by atoms with Crippen LogP contribution in [0.5, 0.6) is 5.75 Å². The van der Waals surface area contributed by atoms with Crippen LogP contribution in [0.1, 0.15) is 11.3 Å². The number of aromatic nitrogens is 1. The van der Waals surface area contributed by atoms with Crippen LogP contribution in [0.15, 0.2) is 70.3 Å². The van der Waals surface area contributed by atoms with Gasteiger partial charge in [-0.05, 0) is 53.6 Å². The van der Waals surface area contributed by atoms with Crippen LogP contribution in [0.25, 0.3) is 10.9 Å². The summed E-state index contributed by atoms with van der Waals surface area (Å²) in [5, 5.41) is 5.65. The van der Waals surface area contributed by atoms with Gasteiger partial charge in [0.2, 0.25) is 0 Å². The Balaban J connectivity index is 1.85. The van der Waals surface area contributed by atoms with E-state index in [9.17, 15) is 13.2 Å². The first-order valence-electron chi connectivity index (χ1n) is 8.58. The minimum Gasteiger partial charge on any atom is -0.406 e. The number of allylic oxidation sites excluding steroid dienone is 2. The quantitative estimate of drug-likeness (QED) is 0.448. The van der Waals surface area contributed by atoms with E-state index >= 15 is 0 Å². The number of halogens is 4. The number of alkyl halides is 3.